The summed E-state index contributed by atoms with van der Waals surface area (Å²) in [5.74, 6) is 0. The Kier molecular flexibility index (Phi) is 5.99. The van der Waals surface area contributed by atoms with Crippen molar-refractivity contribution < 1.29 is 4.79 Å². The summed E-state index contributed by atoms with van der Waals surface area (Å²) in [5.41, 5.74) is 0.823. The van der Waals surface area contributed by atoms with Crippen molar-refractivity contribution in [3.63, 3.8) is 0 Å². The second kappa shape index (κ2) is 7.27. The fourth-order valence-electron chi connectivity index (χ4n) is 2.26. The minimum atomic E-state index is -0.237. The van der Waals surface area contributed by atoms with E-state index >= 15 is 0 Å². The minimum absolute atomic E-state index is 0.237. The van der Waals surface area contributed by atoms with Crippen LogP contribution in [0, 0.1) is 5.41 Å². The van der Waals surface area contributed by atoms with Gasteiger partial charge in [-0.15, -0.1) is 0 Å². The smallest absolute Gasteiger partial charge is 0.127 e. The topological polar surface area (TPSA) is 33.2 Å². The predicted octanol–water partition coefficient (Wildman–Crippen LogP) is 2.91. The second-order valence-corrected chi connectivity index (χ2v) is 5.15. The van der Waals surface area contributed by atoms with E-state index in [1.54, 1.807) is 0 Å². The highest BCUT2D eigenvalue weighted by molar-refractivity contribution is 5.59. The molecular formula is C15H24N2O. The summed E-state index contributed by atoms with van der Waals surface area (Å²) in [7, 11) is 0. The van der Waals surface area contributed by atoms with Crippen molar-refractivity contribution >= 4 is 6.29 Å². The fraction of sp³-hybridized carbons (Fsp3) is 0.600. The first kappa shape index (κ1) is 14.8. The SMILES string of the molecule is CCCC(C)(C=O)CN(CC)Cc1ccccn1. The Hall–Kier alpha value is -1.22. The second-order valence-electron chi connectivity index (χ2n) is 5.15. The molecule has 0 fully saturated rings. The Bertz CT molecular complexity index is 353. The third-order valence-electron chi connectivity index (χ3n) is 3.25. The van der Waals surface area contributed by atoms with Crippen LogP contribution in [0.25, 0.3) is 0 Å². The van der Waals surface area contributed by atoms with Crippen molar-refractivity contribution in [2.24, 2.45) is 5.41 Å². The van der Waals surface area contributed by atoms with Gasteiger partial charge in [-0.2, -0.15) is 0 Å². The number of carbonyl (C=O) groups is 1. The van der Waals surface area contributed by atoms with Crippen molar-refractivity contribution in [1.82, 2.24) is 9.88 Å². The zero-order valence-electron chi connectivity index (χ0n) is 11.7. The molecular weight excluding hydrogens is 224 g/mol. The molecule has 0 aliphatic carbocycles. The molecule has 18 heavy (non-hydrogen) atoms. The predicted molar refractivity (Wildman–Crippen MR) is 74.3 cm³/mol. The number of hydrogen-bond acceptors (Lipinski definition) is 3. The van der Waals surface area contributed by atoms with E-state index in [9.17, 15) is 4.79 Å². The van der Waals surface area contributed by atoms with Crippen LogP contribution in [-0.2, 0) is 11.3 Å². The molecule has 0 saturated carbocycles. The number of aldehydes is 1. The first-order valence-corrected chi connectivity index (χ1v) is 6.72. The Morgan fingerprint density at radius 2 is 2.17 bits per heavy atom. The average molecular weight is 248 g/mol. The van der Waals surface area contributed by atoms with E-state index in [1.807, 2.05) is 31.3 Å². The van der Waals surface area contributed by atoms with Crippen molar-refractivity contribution in [3.8, 4) is 0 Å². The molecule has 1 heterocycles. The van der Waals surface area contributed by atoms with Crippen LogP contribution in [0.3, 0.4) is 0 Å². The summed E-state index contributed by atoms with van der Waals surface area (Å²) >= 11 is 0. The van der Waals surface area contributed by atoms with E-state index in [0.29, 0.717) is 0 Å². The summed E-state index contributed by atoms with van der Waals surface area (Å²) in [5, 5.41) is 0. The van der Waals surface area contributed by atoms with Gasteiger partial charge in [0.15, 0.2) is 0 Å². The molecule has 0 aliphatic rings. The van der Waals surface area contributed by atoms with E-state index in [2.05, 4.69) is 23.7 Å². The van der Waals surface area contributed by atoms with Gasteiger partial charge >= 0.3 is 0 Å². The molecule has 1 aromatic rings. The van der Waals surface area contributed by atoms with Gasteiger partial charge in [-0.1, -0.05) is 33.3 Å². The van der Waals surface area contributed by atoms with Gasteiger partial charge in [-0.05, 0) is 25.1 Å². The van der Waals surface area contributed by atoms with Gasteiger partial charge in [-0.3, -0.25) is 9.88 Å². The number of carbonyl (C=O) groups excluding carboxylic acids is 1. The summed E-state index contributed by atoms with van der Waals surface area (Å²) in [6.07, 6.45) is 4.90. The molecule has 0 aliphatic heterocycles. The van der Waals surface area contributed by atoms with E-state index < -0.39 is 0 Å². The summed E-state index contributed by atoms with van der Waals surface area (Å²) in [4.78, 5) is 17.9. The number of pyridine rings is 1. The molecule has 0 aromatic carbocycles. The van der Waals surface area contributed by atoms with Gasteiger partial charge in [0.1, 0.15) is 6.29 Å². The molecule has 3 nitrogen and oxygen atoms in total. The normalized spacial score (nSPS) is 14.4. The van der Waals surface area contributed by atoms with Crippen molar-refractivity contribution in [2.45, 2.75) is 40.2 Å². The summed E-state index contributed by atoms with van der Waals surface area (Å²) < 4.78 is 0. The van der Waals surface area contributed by atoms with Crippen LogP contribution in [0.4, 0.5) is 0 Å². The van der Waals surface area contributed by atoms with Crippen LogP contribution < -0.4 is 0 Å². The third kappa shape index (κ3) is 4.57. The van der Waals surface area contributed by atoms with E-state index in [0.717, 1.165) is 44.5 Å². The zero-order chi connectivity index (χ0) is 13.4. The van der Waals surface area contributed by atoms with E-state index in [1.165, 1.54) is 0 Å². The molecule has 0 saturated heterocycles. The molecule has 0 amide bonds. The number of hydrogen-bond donors (Lipinski definition) is 0. The highest BCUT2D eigenvalue weighted by Crippen LogP contribution is 2.22. The minimum Gasteiger partial charge on any atom is -0.303 e. The molecule has 100 valence electrons. The van der Waals surface area contributed by atoms with Gasteiger partial charge in [0.2, 0.25) is 0 Å². The maximum absolute atomic E-state index is 11.3. The van der Waals surface area contributed by atoms with Gasteiger partial charge in [0.05, 0.1) is 5.69 Å². The Morgan fingerprint density at radius 3 is 2.67 bits per heavy atom. The van der Waals surface area contributed by atoms with E-state index in [-0.39, 0.29) is 5.41 Å². The highest BCUT2D eigenvalue weighted by atomic mass is 16.1. The lowest BCUT2D eigenvalue weighted by Crippen LogP contribution is -2.36. The largest absolute Gasteiger partial charge is 0.303 e. The Labute approximate surface area is 110 Å². The van der Waals surface area contributed by atoms with Crippen LogP contribution in [0.2, 0.25) is 0 Å². The summed E-state index contributed by atoms with van der Waals surface area (Å²) in [6, 6.07) is 5.95. The molecule has 1 atom stereocenters. The lowest BCUT2D eigenvalue weighted by Gasteiger charge is -2.30. The third-order valence-corrected chi connectivity index (χ3v) is 3.25. The standard InChI is InChI=1S/C15H24N2O/c1-4-9-15(3,13-18)12-17(5-2)11-14-8-6-7-10-16-14/h6-8,10,13H,4-5,9,11-12H2,1-3H3. The van der Waals surface area contributed by atoms with Crippen LogP contribution in [-0.4, -0.2) is 29.3 Å². The van der Waals surface area contributed by atoms with Crippen molar-refractivity contribution in [1.29, 1.82) is 0 Å². The number of rotatable bonds is 8. The van der Waals surface area contributed by atoms with E-state index in [4.69, 9.17) is 0 Å². The van der Waals surface area contributed by atoms with Crippen LogP contribution in [0.5, 0.6) is 0 Å². The molecule has 1 unspecified atom stereocenters. The maximum Gasteiger partial charge on any atom is 0.127 e. The molecule has 0 bridgehead atoms. The van der Waals surface area contributed by atoms with Crippen LogP contribution >= 0.6 is 0 Å². The molecule has 3 heteroatoms. The fourth-order valence-corrected chi connectivity index (χ4v) is 2.26. The molecule has 0 radical (unpaired) electrons. The quantitative estimate of drug-likeness (QED) is 0.663. The van der Waals surface area contributed by atoms with Crippen LogP contribution in [0.1, 0.15) is 39.3 Å². The number of nitrogens with zero attached hydrogens (tertiary/aromatic N) is 2. The highest BCUT2D eigenvalue weighted by Gasteiger charge is 2.25. The summed E-state index contributed by atoms with van der Waals surface area (Å²) in [6.45, 7) is 8.84. The Balaban J connectivity index is 2.64. The average Bonchev–Trinajstić information content (AvgIpc) is 2.39. The van der Waals surface area contributed by atoms with Crippen molar-refractivity contribution in [2.75, 3.05) is 13.1 Å². The van der Waals surface area contributed by atoms with Crippen molar-refractivity contribution in [3.05, 3.63) is 30.1 Å². The van der Waals surface area contributed by atoms with Crippen LogP contribution in [0.15, 0.2) is 24.4 Å². The monoisotopic (exact) mass is 248 g/mol. The molecule has 1 aromatic heterocycles. The lowest BCUT2D eigenvalue weighted by molar-refractivity contribution is -0.116. The molecule has 1 rings (SSSR count). The zero-order valence-corrected chi connectivity index (χ0v) is 11.7. The van der Waals surface area contributed by atoms with Gasteiger partial charge in [0, 0.05) is 24.7 Å². The number of aromatic nitrogens is 1. The molecule has 0 spiro atoms. The first-order chi connectivity index (χ1) is 8.63. The molecule has 0 N–H and O–H groups in total. The maximum atomic E-state index is 11.3. The Morgan fingerprint density at radius 1 is 1.39 bits per heavy atom. The lowest BCUT2D eigenvalue weighted by atomic mass is 9.86. The first-order valence-electron chi connectivity index (χ1n) is 6.72. The van der Waals surface area contributed by atoms with Gasteiger partial charge in [0.25, 0.3) is 0 Å². The van der Waals surface area contributed by atoms with Gasteiger partial charge in [-0.25, -0.2) is 0 Å². The van der Waals surface area contributed by atoms with Gasteiger partial charge < -0.3 is 4.79 Å².